The number of fused-ring (bicyclic) bond motifs is 1. The van der Waals surface area contributed by atoms with Crippen molar-refractivity contribution in [1.29, 1.82) is 0 Å². The number of primary amides is 2. The molecule has 1 heterocycles. The topological polar surface area (TPSA) is 186 Å². The first-order valence-electron chi connectivity index (χ1n) is 11.3. The third kappa shape index (κ3) is 6.49. The number of hydrogen-bond donors (Lipinski definition) is 6. The van der Waals surface area contributed by atoms with E-state index in [2.05, 4.69) is 15.6 Å². The SMILES string of the molecule is NC(=O)C[C@H](N)C(=O)N[C@H](Cc1c[nH]c2ccccc12)C(=O)N[C@@H](Cc1c(F)c(F)c(F)c(F)c1F)C(N)=O. The van der Waals surface area contributed by atoms with Gasteiger partial charge in [-0.1, -0.05) is 18.2 Å². The molecule has 0 aliphatic heterocycles. The van der Waals surface area contributed by atoms with Crippen LogP contribution < -0.4 is 27.8 Å². The van der Waals surface area contributed by atoms with Crippen LogP contribution in [0.5, 0.6) is 0 Å². The smallest absolute Gasteiger partial charge is 0.243 e. The van der Waals surface area contributed by atoms with Crippen LogP contribution in [0.4, 0.5) is 22.0 Å². The number of aromatic nitrogens is 1. The van der Waals surface area contributed by atoms with Gasteiger partial charge >= 0.3 is 0 Å². The number of H-pyrrole nitrogens is 1. The van der Waals surface area contributed by atoms with E-state index in [9.17, 15) is 41.1 Å². The number of aromatic amines is 1. The number of nitrogens with two attached hydrogens (primary N) is 3. The van der Waals surface area contributed by atoms with Crippen LogP contribution in [0.15, 0.2) is 30.5 Å². The molecular weight excluding hydrogens is 531 g/mol. The molecular formula is C24H23F5N6O4. The Morgan fingerprint density at radius 1 is 0.795 bits per heavy atom. The zero-order valence-electron chi connectivity index (χ0n) is 20.0. The van der Waals surface area contributed by atoms with Gasteiger partial charge in [-0.05, 0) is 11.6 Å². The summed E-state index contributed by atoms with van der Waals surface area (Å²) in [6.07, 6.45) is -0.418. The molecule has 3 rings (SSSR count). The number of benzene rings is 2. The van der Waals surface area contributed by atoms with Crippen LogP contribution in [0.1, 0.15) is 17.5 Å². The summed E-state index contributed by atoms with van der Waals surface area (Å²) in [5, 5.41) is 5.06. The van der Waals surface area contributed by atoms with Crippen molar-refractivity contribution in [3.8, 4) is 0 Å². The number of amides is 4. The van der Waals surface area contributed by atoms with Gasteiger partial charge in [-0.15, -0.1) is 0 Å². The summed E-state index contributed by atoms with van der Waals surface area (Å²) in [4.78, 5) is 51.8. The zero-order valence-corrected chi connectivity index (χ0v) is 20.0. The second-order valence-electron chi connectivity index (χ2n) is 8.62. The van der Waals surface area contributed by atoms with Crippen molar-refractivity contribution in [2.24, 2.45) is 17.2 Å². The van der Waals surface area contributed by atoms with Crippen molar-refractivity contribution in [2.75, 3.05) is 0 Å². The van der Waals surface area contributed by atoms with Gasteiger partial charge in [0.2, 0.25) is 29.4 Å². The Kier molecular flexibility index (Phi) is 8.85. The van der Waals surface area contributed by atoms with Gasteiger partial charge in [0.1, 0.15) is 12.1 Å². The lowest BCUT2D eigenvalue weighted by Crippen LogP contribution is -2.56. The Morgan fingerprint density at radius 2 is 1.36 bits per heavy atom. The second kappa shape index (κ2) is 11.9. The van der Waals surface area contributed by atoms with Crippen LogP contribution in [-0.2, 0) is 32.0 Å². The quantitative estimate of drug-likeness (QED) is 0.113. The van der Waals surface area contributed by atoms with E-state index in [0.29, 0.717) is 16.5 Å². The Hall–Kier alpha value is -4.53. The Balaban J connectivity index is 1.91. The van der Waals surface area contributed by atoms with E-state index in [1.54, 1.807) is 30.5 Å². The van der Waals surface area contributed by atoms with Crippen molar-refractivity contribution in [3.63, 3.8) is 0 Å². The molecule has 2 aromatic carbocycles. The van der Waals surface area contributed by atoms with Crippen molar-refractivity contribution in [1.82, 2.24) is 15.6 Å². The van der Waals surface area contributed by atoms with Gasteiger partial charge in [-0.3, -0.25) is 19.2 Å². The van der Waals surface area contributed by atoms with Crippen LogP contribution in [-0.4, -0.2) is 46.7 Å². The summed E-state index contributed by atoms with van der Waals surface area (Å²) in [6.45, 7) is 0. The maximum absolute atomic E-state index is 14.2. The van der Waals surface area contributed by atoms with E-state index in [4.69, 9.17) is 17.2 Å². The summed E-state index contributed by atoms with van der Waals surface area (Å²) in [5.74, 6) is -15.6. The molecule has 0 aliphatic rings. The summed E-state index contributed by atoms with van der Waals surface area (Å²) >= 11 is 0. The van der Waals surface area contributed by atoms with Crippen molar-refractivity contribution in [2.45, 2.75) is 37.4 Å². The highest BCUT2D eigenvalue weighted by Crippen LogP contribution is 2.24. The van der Waals surface area contributed by atoms with Crippen molar-refractivity contribution in [3.05, 3.63) is 70.7 Å². The van der Waals surface area contributed by atoms with Crippen LogP contribution >= 0.6 is 0 Å². The van der Waals surface area contributed by atoms with Crippen molar-refractivity contribution < 1.29 is 41.1 Å². The predicted octanol–water partition coefficient (Wildman–Crippen LogP) is 0.306. The summed E-state index contributed by atoms with van der Waals surface area (Å²) < 4.78 is 69.0. The molecule has 0 fully saturated rings. The van der Waals surface area contributed by atoms with Crippen LogP contribution in [0.3, 0.4) is 0 Å². The monoisotopic (exact) mass is 554 g/mol. The fourth-order valence-corrected chi connectivity index (χ4v) is 3.85. The lowest BCUT2D eigenvalue weighted by atomic mass is 10.0. The maximum atomic E-state index is 14.2. The Bertz CT molecular complexity index is 1420. The third-order valence-electron chi connectivity index (χ3n) is 5.86. The van der Waals surface area contributed by atoms with Gasteiger partial charge in [0.15, 0.2) is 23.3 Å². The van der Waals surface area contributed by atoms with E-state index in [1.165, 1.54) is 0 Å². The molecule has 0 spiro atoms. The van der Waals surface area contributed by atoms with Gasteiger partial charge < -0.3 is 32.8 Å². The number of nitrogens with one attached hydrogen (secondary N) is 3. The van der Waals surface area contributed by atoms with Gasteiger partial charge in [0.05, 0.1) is 12.5 Å². The van der Waals surface area contributed by atoms with E-state index >= 15 is 0 Å². The van der Waals surface area contributed by atoms with Gasteiger partial charge in [0.25, 0.3) is 0 Å². The molecule has 0 unspecified atom stereocenters. The lowest BCUT2D eigenvalue weighted by Gasteiger charge is -2.23. The van der Waals surface area contributed by atoms with Gasteiger partial charge in [0, 0.05) is 35.5 Å². The Morgan fingerprint density at radius 3 is 1.95 bits per heavy atom. The number of rotatable bonds is 11. The molecule has 3 aromatic rings. The molecule has 10 nitrogen and oxygen atoms in total. The lowest BCUT2D eigenvalue weighted by molar-refractivity contribution is -0.132. The standard InChI is InChI=1S/C24H23F5N6O4/c25-17-11(18(26)20(28)21(29)19(17)27)6-14(22(32)37)34-24(39)15(35-23(38)12(30)7-16(31)36)5-9-8-33-13-4-2-1-3-10(9)13/h1-4,8,12,14-15,33H,5-7,30H2,(H2,31,36)(H2,32,37)(H,34,39)(H,35,38)/t12-,14-,15+/m0/s1. The second-order valence-corrected chi connectivity index (χ2v) is 8.62. The first-order chi connectivity index (χ1) is 18.3. The number of carbonyl (C=O) groups excluding carboxylic acids is 4. The summed E-state index contributed by atoms with van der Waals surface area (Å²) in [7, 11) is 0. The molecule has 1 aromatic heterocycles. The molecule has 15 heteroatoms. The molecule has 0 radical (unpaired) electrons. The first kappa shape index (κ1) is 29.0. The molecule has 39 heavy (non-hydrogen) atoms. The highest BCUT2D eigenvalue weighted by Gasteiger charge is 2.32. The molecule has 3 atom stereocenters. The van der Waals surface area contributed by atoms with Gasteiger partial charge in [-0.2, -0.15) is 0 Å². The van der Waals surface area contributed by atoms with E-state index in [1.807, 2.05) is 0 Å². The third-order valence-corrected chi connectivity index (χ3v) is 5.86. The van der Waals surface area contributed by atoms with E-state index in [0.717, 1.165) is 0 Å². The molecule has 208 valence electrons. The Labute approximate surface area is 217 Å². The first-order valence-corrected chi connectivity index (χ1v) is 11.3. The fraction of sp³-hybridized carbons (Fsp3) is 0.250. The molecule has 4 amide bonds. The molecule has 9 N–H and O–H groups in total. The van der Waals surface area contributed by atoms with Gasteiger partial charge in [-0.25, -0.2) is 22.0 Å². The molecule has 0 bridgehead atoms. The van der Waals surface area contributed by atoms with E-state index < -0.39 is 89.2 Å². The van der Waals surface area contributed by atoms with Crippen LogP contribution in [0.2, 0.25) is 0 Å². The highest BCUT2D eigenvalue weighted by atomic mass is 19.2. The minimum Gasteiger partial charge on any atom is -0.370 e. The maximum Gasteiger partial charge on any atom is 0.243 e. The molecule has 0 saturated carbocycles. The van der Waals surface area contributed by atoms with Crippen molar-refractivity contribution >= 4 is 34.5 Å². The number of carbonyl (C=O) groups is 4. The van der Waals surface area contributed by atoms with Crippen LogP contribution in [0.25, 0.3) is 10.9 Å². The minimum absolute atomic E-state index is 0.209. The summed E-state index contributed by atoms with van der Waals surface area (Å²) in [6, 6.07) is 2.02. The normalized spacial score (nSPS) is 13.5. The predicted molar refractivity (Wildman–Crippen MR) is 127 cm³/mol. The average molecular weight is 554 g/mol. The molecule has 0 saturated heterocycles. The number of para-hydroxylation sites is 1. The summed E-state index contributed by atoms with van der Waals surface area (Å²) in [5.41, 5.74) is 15.8. The molecule has 0 aliphatic carbocycles. The van der Waals surface area contributed by atoms with E-state index in [-0.39, 0.29) is 6.42 Å². The van der Waals surface area contributed by atoms with Crippen LogP contribution in [0, 0.1) is 29.1 Å². The fourth-order valence-electron chi connectivity index (χ4n) is 3.85. The number of halogens is 5. The average Bonchev–Trinajstić information content (AvgIpc) is 3.29. The highest BCUT2D eigenvalue weighted by molar-refractivity contribution is 5.95. The largest absolute Gasteiger partial charge is 0.370 e. The number of hydrogen-bond acceptors (Lipinski definition) is 5. The zero-order chi connectivity index (χ0) is 29.0. The minimum atomic E-state index is -2.40.